The van der Waals surface area contributed by atoms with E-state index in [1.165, 1.54) is 353 Å². The quantitative estimate of drug-likeness (QED) is 0.0320. The summed E-state index contributed by atoms with van der Waals surface area (Å²) in [7, 11) is 0. The van der Waals surface area contributed by atoms with Crippen molar-refractivity contribution in [3.8, 4) is 0 Å². The first-order chi connectivity index (χ1) is 44.5. The highest BCUT2D eigenvalue weighted by atomic mass is 16.5. The van der Waals surface area contributed by atoms with Crippen LogP contribution in [0.25, 0.3) is 0 Å². The van der Waals surface area contributed by atoms with Crippen molar-refractivity contribution in [3.05, 3.63) is 60.8 Å². The molecule has 0 saturated heterocycles. The van der Waals surface area contributed by atoms with E-state index in [4.69, 9.17) is 4.74 Å². The molecule has 0 fully saturated rings. The number of carbonyl (C=O) groups is 2. The van der Waals surface area contributed by atoms with Crippen LogP contribution in [0.1, 0.15) is 438 Å². The Morgan fingerprint density at radius 1 is 0.311 bits per heavy atom. The lowest BCUT2D eigenvalue weighted by Gasteiger charge is -2.20. The molecule has 3 N–H and O–H groups in total. The number of hydrogen-bond donors (Lipinski definition) is 3. The number of aliphatic hydroxyl groups is 2. The molecule has 0 aromatic heterocycles. The van der Waals surface area contributed by atoms with Crippen molar-refractivity contribution in [3.63, 3.8) is 0 Å². The molecule has 0 aromatic carbocycles. The van der Waals surface area contributed by atoms with Gasteiger partial charge >= 0.3 is 5.97 Å². The van der Waals surface area contributed by atoms with E-state index in [1.54, 1.807) is 6.08 Å². The zero-order valence-corrected chi connectivity index (χ0v) is 60.6. The lowest BCUT2D eigenvalue weighted by atomic mass is 10.0. The molecule has 0 aliphatic rings. The molecule has 0 bridgehead atoms. The molecule has 528 valence electrons. The molecule has 6 nitrogen and oxygen atoms in total. The molecule has 6 heteroatoms. The second-order valence-electron chi connectivity index (χ2n) is 27.7. The summed E-state index contributed by atoms with van der Waals surface area (Å²) < 4.78 is 5.49. The number of nitrogens with one attached hydrogen (secondary N) is 1. The van der Waals surface area contributed by atoms with Gasteiger partial charge < -0.3 is 20.3 Å². The van der Waals surface area contributed by atoms with Crippen LogP contribution in [-0.2, 0) is 14.3 Å². The van der Waals surface area contributed by atoms with E-state index in [1.807, 2.05) is 6.08 Å². The summed E-state index contributed by atoms with van der Waals surface area (Å²) >= 11 is 0. The summed E-state index contributed by atoms with van der Waals surface area (Å²) in [4.78, 5) is 24.6. The maximum absolute atomic E-state index is 12.5. The molecule has 1 amide bonds. The van der Waals surface area contributed by atoms with Crippen LogP contribution in [0, 0.1) is 0 Å². The third-order valence-electron chi connectivity index (χ3n) is 18.8. The van der Waals surface area contributed by atoms with Gasteiger partial charge in [-0.15, -0.1) is 0 Å². The largest absolute Gasteiger partial charge is 0.466 e. The summed E-state index contributed by atoms with van der Waals surface area (Å²) in [6, 6.07) is -0.628. The second kappa shape index (κ2) is 79.0. The molecule has 0 aromatic rings. The van der Waals surface area contributed by atoms with Gasteiger partial charge in [-0.05, 0) is 96.3 Å². The highest BCUT2D eigenvalue weighted by Gasteiger charge is 2.18. The Kier molecular flexibility index (Phi) is 76.9. The first kappa shape index (κ1) is 87.6. The van der Waals surface area contributed by atoms with E-state index in [-0.39, 0.29) is 18.5 Å². The van der Waals surface area contributed by atoms with Crippen LogP contribution in [0.2, 0.25) is 0 Å². The Bertz CT molecular complexity index is 1550. The molecule has 0 aliphatic carbocycles. The molecule has 0 spiro atoms. The maximum atomic E-state index is 12.5. The number of amides is 1. The van der Waals surface area contributed by atoms with Crippen molar-refractivity contribution < 1.29 is 24.5 Å². The van der Waals surface area contributed by atoms with E-state index in [9.17, 15) is 19.8 Å². The molecule has 2 unspecified atom stereocenters. The van der Waals surface area contributed by atoms with Gasteiger partial charge in [0.15, 0.2) is 0 Å². The normalized spacial score (nSPS) is 12.8. The smallest absolute Gasteiger partial charge is 0.305 e. The van der Waals surface area contributed by atoms with Crippen LogP contribution in [0.3, 0.4) is 0 Å². The number of aliphatic hydroxyl groups excluding tert-OH is 2. The number of hydrogen-bond acceptors (Lipinski definition) is 5. The highest BCUT2D eigenvalue weighted by molar-refractivity contribution is 5.76. The van der Waals surface area contributed by atoms with Crippen molar-refractivity contribution in [2.24, 2.45) is 0 Å². The third kappa shape index (κ3) is 74.6. The van der Waals surface area contributed by atoms with Crippen LogP contribution in [0.15, 0.2) is 60.8 Å². The minimum absolute atomic E-state index is 0.00330. The summed E-state index contributed by atoms with van der Waals surface area (Å²) in [5, 5.41) is 23.3. The number of allylic oxidation sites excluding steroid dienone is 9. The van der Waals surface area contributed by atoms with Crippen LogP contribution in [0.4, 0.5) is 0 Å². The highest BCUT2D eigenvalue weighted by Crippen LogP contribution is 2.19. The van der Waals surface area contributed by atoms with Crippen molar-refractivity contribution in [1.82, 2.24) is 5.32 Å². The van der Waals surface area contributed by atoms with E-state index in [2.05, 4.69) is 67.8 Å². The van der Waals surface area contributed by atoms with Gasteiger partial charge in [0.1, 0.15) is 0 Å². The maximum Gasteiger partial charge on any atom is 0.305 e. The fourth-order valence-electron chi connectivity index (χ4n) is 12.6. The summed E-state index contributed by atoms with van der Waals surface area (Å²) in [5.41, 5.74) is 0. The fraction of sp³-hybridized carbons (Fsp3) is 0.857. The van der Waals surface area contributed by atoms with Gasteiger partial charge in [-0.25, -0.2) is 0 Å². The third-order valence-corrected chi connectivity index (χ3v) is 18.8. The van der Waals surface area contributed by atoms with E-state index >= 15 is 0 Å². The number of ether oxygens (including phenoxy) is 1. The number of carbonyl (C=O) groups excluding carboxylic acids is 2. The topological polar surface area (TPSA) is 95.9 Å². The average Bonchev–Trinajstić information content (AvgIpc) is 3.60. The lowest BCUT2D eigenvalue weighted by Crippen LogP contribution is -2.45. The Balaban J connectivity index is 3.40. The molecular weight excluding hydrogens is 1100 g/mol. The van der Waals surface area contributed by atoms with Gasteiger partial charge in [0.2, 0.25) is 5.91 Å². The fourth-order valence-corrected chi connectivity index (χ4v) is 12.6. The monoisotopic (exact) mass is 1260 g/mol. The van der Waals surface area contributed by atoms with Crippen molar-refractivity contribution in [2.45, 2.75) is 450 Å². The van der Waals surface area contributed by atoms with E-state index < -0.39 is 12.1 Å². The average molecular weight is 1260 g/mol. The SMILES string of the molecule is CCCCCC/C=C\C/C=C\CCCCCCCC(=O)OCCCCCCCCCCCCC/C=C\C/C=C\CCCCCCCCCCCCCCCCCCCC(=O)NC(CO)C(O)/C=C/CCCCCCCCCCCCCCCCCCCCCC. The Morgan fingerprint density at radius 3 is 0.856 bits per heavy atom. The number of rotatable bonds is 76. The lowest BCUT2D eigenvalue weighted by molar-refractivity contribution is -0.143. The molecular formula is C84H157NO5. The van der Waals surface area contributed by atoms with E-state index in [0.29, 0.717) is 19.4 Å². The van der Waals surface area contributed by atoms with Crippen molar-refractivity contribution in [1.29, 1.82) is 0 Å². The van der Waals surface area contributed by atoms with Crippen molar-refractivity contribution in [2.75, 3.05) is 13.2 Å². The Morgan fingerprint density at radius 2 is 0.556 bits per heavy atom. The zero-order valence-electron chi connectivity index (χ0n) is 60.6. The summed E-state index contributed by atoms with van der Waals surface area (Å²) in [6.07, 6.45) is 106. The van der Waals surface area contributed by atoms with Crippen LogP contribution in [-0.4, -0.2) is 47.4 Å². The second-order valence-corrected chi connectivity index (χ2v) is 27.7. The first-order valence-electron chi connectivity index (χ1n) is 40.6. The predicted octanol–water partition coefficient (Wildman–Crippen LogP) is 26.9. The molecule has 0 aliphatic heterocycles. The van der Waals surface area contributed by atoms with Gasteiger partial charge in [-0.3, -0.25) is 9.59 Å². The Hall–Kier alpha value is -2.44. The molecule has 0 radical (unpaired) electrons. The number of unbranched alkanes of at least 4 members (excludes halogenated alkanes) is 57. The van der Waals surface area contributed by atoms with Gasteiger partial charge in [-0.2, -0.15) is 0 Å². The minimum atomic E-state index is -0.845. The van der Waals surface area contributed by atoms with Crippen LogP contribution < -0.4 is 5.32 Å². The van der Waals surface area contributed by atoms with E-state index in [0.717, 1.165) is 57.8 Å². The minimum Gasteiger partial charge on any atom is -0.466 e. The van der Waals surface area contributed by atoms with Crippen molar-refractivity contribution >= 4 is 11.9 Å². The first-order valence-corrected chi connectivity index (χ1v) is 40.6. The van der Waals surface area contributed by atoms with Gasteiger partial charge in [0.05, 0.1) is 25.4 Å². The van der Waals surface area contributed by atoms with Crippen LogP contribution >= 0.6 is 0 Å². The number of esters is 1. The Labute approximate surface area is 562 Å². The molecule has 2 atom stereocenters. The summed E-state index contributed by atoms with van der Waals surface area (Å²) in [6.45, 7) is 4.92. The van der Waals surface area contributed by atoms with Crippen LogP contribution in [0.5, 0.6) is 0 Å². The molecule has 90 heavy (non-hydrogen) atoms. The standard InChI is InChI=1S/C84H157NO5/c1-3-5-7-9-11-13-15-17-19-21-22-23-39-42-45-48-52-56-60-64-68-72-76-82(87)81(80-86)85-83(88)77-73-69-65-61-57-53-49-46-43-40-37-35-33-31-29-27-25-24-26-28-30-32-34-36-38-41-44-47-51-55-59-63-67-71-75-79-90-84(89)78-74-70-66-62-58-54-50-20-18-16-14-12-10-8-6-4-2/h14,16,20,26,28,32,34,50,72,76,81-82,86-87H,3-13,15,17-19,21-25,27,29-31,33,35-49,51-71,73-75,77-80H2,1-2H3,(H,85,88)/b16-14-,28-26-,34-32-,50-20-,76-72+. The van der Waals surface area contributed by atoms with Gasteiger partial charge in [0.25, 0.3) is 0 Å². The summed E-state index contributed by atoms with van der Waals surface area (Å²) in [5.74, 6) is -0.0583. The predicted molar refractivity (Wildman–Crippen MR) is 398 cm³/mol. The van der Waals surface area contributed by atoms with Gasteiger partial charge in [-0.1, -0.05) is 389 Å². The molecule has 0 saturated carbocycles. The molecule has 0 heterocycles. The zero-order chi connectivity index (χ0) is 64.9. The molecule has 0 rings (SSSR count). The van der Waals surface area contributed by atoms with Gasteiger partial charge in [0, 0.05) is 12.8 Å².